The molecular weight excluding hydrogens is 352 g/mol. The Hall–Kier alpha value is -2.99. The number of hydrogen-bond donors (Lipinski definition) is 2. The van der Waals surface area contributed by atoms with E-state index in [0.717, 1.165) is 30.8 Å². The highest BCUT2D eigenvalue weighted by molar-refractivity contribution is 5.93. The van der Waals surface area contributed by atoms with Crippen LogP contribution in [0, 0.1) is 0 Å². The van der Waals surface area contributed by atoms with Gasteiger partial charge in [-0.1, -0.05) is 35.5 Å². The lowest BCUT2D eigenvalue weighted by molar-refractivity contribution is 0.100. The molecule has 2 fully saturated rings. The van der Waals surface area contributed by atoms with Crippen molar-refractivity contribution in [1.29, 1.82) is 0 Å². The summed E-state index contributed by atoms with van der Waals surface area (Å²) in [6, 6.07) is 18.1. The molecule has 3 aromatic rings. The predicted molar refractivity (Wildman–Crippen MR) is 105 cm³/mol. The molecule has 1 unspecified atom stereocenters. The van der Waals surface area contributed by atoms with Crippen LogP contribution in [0.2, 0.25) is 0 Å². The van der Waals surface area contributed by atoms with E-state index in [2.05, 4.69) is 45.8 Å². The average Bonchev–Trinajstić information content (AvgIpc) is 3.64. The highest BCUT2D eigenvalue weighted by Crippen LogP contribution is 2.48. The summed E-state index contributed by atoms with van der Waals surface area (Å²) in [5.74, 6) is 1.41. The zero-order valence-corrected chi connectivity index (χ0v) is 15.5. The number of rotatable bonds is 7. The Morgan fingerprint density at radius 3 is 2.57 bits per heavy atom. The van der Waals surface area contributed by atoms with Crippen molar-refractivity contribution in [2.45, 2.75) is 36.6 Å². The molecule has 1 amide bonds. The number of nitrogens with zero attached hydrogens (tertiary/aromatic N) is 2. The van der Waals surface area contributed by atoms with E-state index in [4.69, 9.17) is 10.3 Å². The molecule has 2 aliphatic carbocycles. The molecule has 1 aromatic heterocycles. The third kappa shape index (κ3) is 3.20. The van der Waals surface area contributed by atoms with E-state index in [1.54, 1.807) is 24.3 Å². The van der Waals surface area contributed by atoms with Gasteiger partial charge in [0.25, 0.3) is 5.89 Å². The molecule has 2 aliphatic rings. The summed E-state index contributed by atoms with van der Waals surface area (Å²) in [6.45, 7) is 0.876. The van der Waals surface area contributed by atoms with Crippen LogP contribution in [-0.4, -0.2) is 28.6 Å². The van der Waals surface area contributed by atoms with Gasteiger partial charge in [-0.3, -0.25) is 4.79 Å². The monoisotopic (exact) mass is 374 g/mol. The fraction of sp³-hybridized carbons (Fsp3) is 0.318. The minimum absolute atomic E-state index is 0.0151. The molecule has 3 N–H and O–H groups in total. The summed E-state index contributed by atoms with van der Waals surface area (Å²) >= 11 is 0. The molecule has 1 heterocycles. The highest BCUT2D eigenvalue weighted by Gasteiger charge is 2.50. The fourth-order valence-electron chi connectivity index (χ4n) is 3.78. The maximum atomic E-state index is 11.2. The van der Waals surface area contributed by atoms with E-state index in [-0.39, 0.29) is 5.41 Å². The minimum Gasteiger partial charge on any atom is -0.366 e. The SMILES string of the molecule is NC(=O)c1ccc(-c2nc(C3(CN[C@H]4CC4c4ccccc4)CC3)no2)cc1. The van der Waals surface area contributed by atoms with Crippen LogP contribution in [0.3, 0.4) is 0 Å². The number of benzene rings is 2. The molecule has 0 spiro atoms. The van der Waals surface area contributed by atoms with Gasteiger partial charge < -0.3 is 15.6 Å². The quantitative estimate of drug-likeness (QED) is 0.663. The van der Waals surface area contributed by atoms with Crippen LogP contribution in [0.4, 0.5) is 0 Å². The second-order valence-corrected chi connectivity index (χ2v) is 7.89. The van der Waals surface area contributed by atoms with E-state index in [1.165, 1.54) is 12.0 Å². The Kier molecular flexibility index (Phi) is 4.02. The van der Waals surface area contributed by atoms with Gasteiger partial charge in [-0.2, -0.15) is 4.98 Å². The summed E-state index contributed by atoms with van der Waals surface area (Å²) in [4.78, 5) is 15.8. The van der Waals surface area contributed by atoms with Crippen molar-refractivity contribution in [2.75, 3.05) is 6.54 Å². The number of amides is 1. The van der Waals surface area contributed by atoms with Crippen molar-refractivity contribution in [2.24, 2.45) is 5.73 Å². The molecule has 2 atom stereocenters. The lowest BCUT2D eigenvalue weighted by Crippen LogP contribution is -2.30. The maximum absolute atomic E-state index is 11.2. The first kappa shape index (κ1) is 17.1. The van der Waals surface area contributed by atoms with Crippen LogP contribution in [0.1, 0.15) is 46.9 Å². The third-order valence-electron chi connectivity index (χ3n) is 5.89. The van der Waals surface area contributed by atoms with Gasteiger partial charge in [0.1, 0.15) is 0 Å². The number of nitrogens with one attached hydrogen (secondary N) is 1. The van der Waals surface area contributed by atoms with Crippen molar-refractivity contribution in [3.63, 3.8) is 0 Å². The smallest absolute Gasteiger partial charge is 0.257 e. The van der Waals surface area contributed by atoms with Crippen molar-refractivity contribution in [3.05, 3.63) is 71.5 Å². The molecule has 6 heteroatoms. The van der Waals surface area contributed by atoms with Crippen LogP contribution in [0.25, 0.3) is 11.5 Å². The largest absolute Gasteiger partial charge is 0.366 e. The number of primary amides is 1. The summed E-state index contributed by atoms with van der Waals surface area (Å²) < 4.78 is 5.49. The van der Waals surface area contributed by atoms with Gasteiger partial charge in [0.05, 0.1) is 0 Å². The standard InChI is InChI=1S/C22H22N4O2/c23-19(27)15-6-8-16(9-7-15)20-25-21(26-28-20)22(10-11-22)13-24-18-12-17(18)14-4-2-1-3-5-14/h1-9,17-18,24H,10-13H2,(H2,23,27)/t17?,18-/m0/s1. The fourth-order valence-corrected chi connectivity index (χ4v) is 3.78. The second-order valence-electron chi connectivity index (χ2n) is 7.89. The lowest BCUT2D eigenvalue weighted by Gasteiger charge is -2.12. The van der Waals surface area contributed by atoms with E-state index >= 15 is 0 Å². The molecule has 0 saturated heterocycles. The van der Waals surface area contributed by atoms with E-state index < -0.39 is 5.91 Å². The Morgan fingerprint density at radius 1 is 1.14 bits per heavy atom. The lowest BCUT2D eigenvalue weighted by atomic mass is 10.1. The Morgan fingerprint density at radius 2 is 1.89 bits per heavy atom. The summed E-state index contributed by atoms with van der Waals surface area (Å²) in [5.41, 5.74) is 7.93. The molecule has 0 aliphatic heterocycles. The number of aromatic nitrogens is 2. The van der Waals surface area contributed by atoms with E-state index in [9.17, 15) is 4.79 Å². The molecule has 5 rings (SSSR count). The molecule has 2 aromatic carbocycles. The first-order valence-corrected chi connectivity index (χ1v) is 9.67. The maximum Gasteiger partial charge on any atom is 0.257 e. The Labute approximate surface area is 163 Å². The number of carbonyl (C=O) groups excluding carboxylic acids is 1. The van der Waals surface area contributed by atoms with Crippen LogP contribution in [0.5, 0.6) is 0 Å². The predicted octanol–water partition coefficient (Wildman–Crippen LogP) is 3.01. The summed E-state index contributed by atoms with van der Waals surface area (Å²) in [6.07, 6.45) is 3.33. The van der Waals surface area contributed by atoms with Gasteiger partial charge >= 0.3 is 0 Å². The van der Waals surface area contributed by atoms with Gasteiger partial charge in [-0.15, -0.1) is 0 Å². The van der Waals surface area contributed by atoms with E-state index in [1.807, 2.05) is 0 Å². The zero-order valence-electron chi connectivity index (χ0n) is 15.5. The van der Waals surface area contributed by atoms with Gasteiger partial charge in [-0.05, 0) is 49.1 Å². The molecular formula is C22H22N4O2. The van der Waals surface area contributed by atoms with Crippen LogP contribution in [-0.2, 0) is 5.41 Å². The average molecular weight is 374 g/mol. The zero-order chi connectivity index (χ0) is 19.1. The first-order chi connectivity index (χ1) is 13.6. The Bertz CT molecular complexity index is 993. The van der Waals surface area contributed by atoms with Crippen molar-refractivity contribution < 1.29 is 9.32 Å². The third-order valence-corrected chi connectivity index (χ3v) is 5.89. The molecule has 28 heavy (non-hydrogen) atoms. The number of nitrogens with two attached hydrogens (primary N) is 1. The van der Waals surface area contributed by atoms with Gasteiger partial charge in [0.2, 0.25) is 5.91 Å². The Balaban J connectivity index is 1.24. The van der Waals surface area contributed by atoms with Gasteiger partial charge in [0, 0.05) is 35.0 Å². The number of carbonyl (C=O) groups is 1. The molecule has 2 saturated carbocycles. The van der Waals surface area contributed by atoms with Crippen LogP contribution >= 0.6 is 0 Å². The van der Waals surface area contributed by atoms with Crippen molar-refractivity contribution in [1.82, 2.24) is 15.5 Å². The molecule has 0 radical (unpaired) electrons. The van der Waals surface area contributed by atoms with Crippen molar-refractivity contribution >= 4 is 5.91 Å². The second kappa shape index (κ2) is 6.56. The van der Waals surface area contributed by atoms with Gasteiger partial charge in [-0.25, -0.2) is 0 Å². The molecule has 0 bridgehead atoms. The van der Waals surface area contributed by atoms with Crippen molar-refractivity contribution in [3.8, 4) is 11.5 Å². The summed E-state index contributed by atoms with van der Waals surface area (Å²) in [7, 11) is 0. The molecule has 6 nitrogen and oxygen atoms in total. The van der Waals surface area contributed by atoms with Crippen LogP contribution < -0.4 is 11.1 Å². The highest BCUT2D eigenvalue weighted by atomic mass is 16.5. The van der Waals surface area contributed by atoms with Crippen LogP contribution in [0.15, 0.2) is 59.1 Å². The first-order valence-electron chi connectivity index (χ1n) is 9.67. The topological polar surface area (TPSA) is 94.0 Å². The summed E-state index contributed by atoms with van der Waals surface area (Å²) in [5, 5.41) is 7.94. The van der Waals surface area contributed by atoms with Gasteiger partial charge in [0.15, 0.2) is 5.82 Å². The minimum atomic E-state index is -0.449. The van der Waals surface area contributed by atoms with E-state index in [0.29, 0.717) is 23.4 Å². The number of hydrogen-bond acceptors (Lipinski definition) is 5. The normalized spacial score (nSPS) is 22.0. The molecule has 142 valence electrons.